The van der Waals surface area contributed by atoms with Crippen molar-refractivity contribution in [2.24, 2.45) is 0 Å². The lowest BCUT2D eigenvalue weighted by atomic mass is 10.2. The third-order valence-corrected chi connectivity index (χ3v) is 4.51. The topological polar surface area (TPSA) is 69.0 Å². The zero-order valence-electron chi connectivity index (χ0n) is 12.9. The minimum Gasteiger partial charge on any atom is -0.376 e. The van der Waals surface area contributed by atoms with E-state index < -0.39 is 0 Å². The average molecular weight is 332 g/mol. The molecule has 1 aliphatic rings. The Kier molecular flexibility index (Phi) is 5.65. The lowest BCUT2D eigenvalue weighted by molar-refractivity contribution is -0.113. The summed E-state index contributed by atoms with van der Waals surface area (Å²) < 4.78 is 7.41. The number of hydrogen-bond acceptors (Lipinski definition) is 5. The first kappa shape index (κ1) is 16.0. The number of pyridine rings is 1. The largest absolute Gasteiger partial charge is 0.376 e. The van der Waals surface area contributed by atoms with Crippen molar-refractivity contribution in [3.05, 3.63) is 42.5 Å². The molecule has 0 bridgehead atoms. The SMILES string of the molecule is O=C(CSCc1ccccn1)Nc1cnn(CC2CCCO2)c1. The molecule has 1 atom stereocenters. The minimum atomic E-state index is -0.0254. The van der Waals surface area contributed by atoms with Crippen molar-refractivity contribution in [2.45, 2.75) is 31.2 Å². The Hall–Kier alpha value is -1.86. The lowest BCUT2D eigenvalue weighted by Gasteiger charge is -2.08. The summed E-state index contributed by atoms with van der Waals surface area (Å²) in [4.78, 5) is 16.2. The number of anilines is 1. The maximum atomic E-state index is 11.9. The van der Waals surface area contributed by atoms with E-state index in [0.717, 1.165) is 43.1 Å². The molecule has 0 radical (unpaired) electrons. The van der Waals surface area contributed by atoms with E-state index >= 15 is 0 Å². The average Bonchev–Trinajstić information content (AvgIpc) is 3.21. The first-order valence-corrected chi connectivity index (χ1v) is 8.86. The molecule has 2 aromatic heterocycles. The van der Waals surface area contributed by atoms with Crippen LogP contribution in [0.25, 0.3) is 0 Å². The van der Waals surface area contributed by atoms with Crippen LogP contribution in [0.2, 0.25) is 0 Å². The molecule has 1 aliphatic heterocycles. The Morgan fingerprint density at radius 3 is 3.22 bits per heavy atom. The highest BCUT2D eigenvalue weighted by Gasteiger charge is 2.16. The van der Waals surface area contributed by atoms with Crippen molar-refractivity contribution in [2.75, 3.05) is 17.7 Å². The maximum Gasteiger partial charge on any atom is 0.234 e. The van der Waals surface area contributed by atoms with E-state index in [-0.39, 0.29) is 12.0 Å². The first-order valence-electron chi connectivity index (χ1n) is 7.71. The monoisotopic (exact) mass is 332 g/mol. The molecule has 1 amide bonds. The predicted molar refractivity (Wildman–Crippen MR) is 90.2 cm³/mol. The fraction of sp³-hybridized carbons (Fsp3) is 0.438. The number of carbonyl (C=O) groups is 1. The van der Waals surface area contributed by atoms with Crippen LogP contribution in [-0.2, 0) is 21.8 Å². The molecule has 0 spiro atoms. The van der Waals surface area contributed by atoms with Crippen LogP contribution < -0.4 is 5.32 Å². The van der Waals surface area contributed by atoms with Crippen LogP contribution in [0.15, 0.2) is 36.8 Å². The number of thioether (sulfide) groups is 1. The summed E-state index contributed by atoms with van der Waals surface area (Å²) in [5, 5.41) is 7.13. The smallest absolute Gasteiger partial charge is 0.234 e. The molecule has 7 heteroatoms. The number of rotatable bonds is 7. The van der Waals surface area contributed by atoms with E-state index in [1.807, 2.05) is 29.1 Å². The molecule has 3 heterocycles. The standard InChI is InChI=1S/C16H20N4O2S/c21-16(12-23-11-13-4-1-2-6-17-13)19-14-8-18-20(9-14)10-15-5-3-7-22-15/h1-2,4,6,8-9,15H,3,5,7,10-12H2,(H,19,21). The van der Waals surface area contributed by atoms with Gasteiger partial charge in [0.05, 0.1) is 36.0 Å². The van der Waals surface area contributed by atoms with Gasteiger partial charge in [-0.25, -0.2) is 0 Å². The van der Waals surface area contributed by atoms with Gasteiger partial charge in [0.2, 0.25) is 5.91 Å². The van der Waals surface area contributed by atoms with Gasteiger partial charge in [0.25, 0.3) is 0 Å². The van der Waals surface area contributed by atoms with Crippen molar-refractivity contribution in [3.63, 3.8) is 0 Å². The van der Waals surface area contributed by atoms with Crippen molar-refractivity contribution in [1.29, 1.82) is 0 Å². The van der Waals surface area contributed by atoms with E-state index in [1.165, 1.54) is 0 Å². The van der Waals surface area contributed by atoms with Gasteiger partial charge in [-0.1, -0.05) is 6.07 Å². The summed E-state index contributed by atoms with van der Waals surface area (Å²) in [5.41, 5.74) is 1.71. The number of nitrogens with one attached hydrogen (secondary N) is 1. The number of ether oxygens (including phenoxy) is 1. The van der Waals surface area contributed by atoms with Gasteiger partial charge in [0.1, 0.15) is 0 Å². The highest BCUT2D eigenvalue weighted by molar-refractivity contribution is 7.99. The van der Waals surface area contributed by atoms with Crippen LogP contribution in [0.5, 0.6) is 0 Å². The fourth-order valence-corrected chi connectivity index (χ4v) is 3.19. The molecule has 23 heavy (non-hydrogen) atoms. The summed E-state index contributed by atoms with van der Waals surface area (Å²) in [6.45, 7) is 1.58. The summed E-state index contributed by atoms with van der Waals surface area (Å²) >= 11 is 1.54. The molecule has 0 aromatic carbocycles. The van der Waals surface area contributed by atoms with Crippen LogP contribution in [-0.4, -0.2) is 39.1 Å². The lowest BCUT2D eigenvalue weighted by Crippen LogP contribution is -2.15. The van der Waals surface area contributed by atoms with Gasteiger partial charge in [-0.2, -0.15) is 5.10 Å². The third-order valence-electron chi connectivity index (χ3n) is 3.54. The molecule has 1 fully saturated rings. The van der Waals surface area contributed by atoms with Gasteiger partial charge in [-0.3, -0.25) is 14.5 Å². The highest BCUT2D eigenvalue weighted by Crippen LogP contribution is 2.15. The minimum absolute atomic E-state index is 0.0254. The molecule has 3 rings (SSSR count). The molecule has 0 aliphatic carbocycles. The van der Waals surface area contributed by atoms with Crippen LogP contribution in [0.1, 0.15) is 18.5 Å². The Balaban J connectivity index is 1.40. The summed E-state index contributed by atoms with van der Waals surface area (Å²) in [7, 11) is 0. The molecule has 6 nitrogen and oxygen atoms in total. The van der Waals surface area contributed by atoms with E-state index in [4.69, 9.17) is 4.74 Å². The second kappa shape index (κ2) is 8.12. The number of amides is 1. The second-order valence-corrected chi connectivity index (χ2v) is 6.43. The van der Waals surface area contributed by atoms with Gasteiger partial charge in [0.15, 0.2) is 0 Å². The number of hydrogen-bond donors (Lipinski definition) is 1. The van der Waals surface area contributed by atoms with Gasteiger partial charge in [-0.15, -0.1) is 11.8 Å². The fourth-order valence-electron chi connectivity index (χ4n) is 2.45. The first-order chi connectivity index (χ1) is 11.3. The maximum absolute atomic E-state index is 11.9. The number of aromatic nitrogens is 3. The normalized spacial score (nSPS) is 17.3. The van der Waals surface area contributed by atoms with Gasteiger partial charge in [-0.05, 0) is 25.0 Å². The Morgan fingerprint density at radius 2 is 2.43 bits per heavy atom. The van der Waals surface area contributed by atoms with E-state index in [1.54, 1.807) is 24.2 Å². The Morgan fingerprint density at radius 1 is 1.48 bits per heavy atom. The van der Waals surface area contributed by atoms with Gasteiger partial charge < -0.3 is 10.1 Å². The molecular weight excluding hydrogens is 312 g/mol. The molecule has 2 aromatic rings. The molecule has 1 unspecified atom stereocenters. The van der Waals surface area contributed by atoms with Crippen molar-refractivity contribution < 1.29 is 9.53 Å². The van der Waals surface area contributed by atoms with Crippen LogP contribution in [0.4, 0.5) is 5.69 Å². The second-order valence-electron chi connectivity index (χ2n) is 5.45. The number of nitrogens with zero attached hydrogens (tertiary/aromatic N) is 3. The molecular formula is C16H20N4O2S. The van der Waals surface area contributed by atoms with E-state index in [0.29, 0.717) is 5.75 Å². The quantitative estimate of drug-likeness (QED) is 0.843. The molecule has 1 saturated heterocycles. The molecule has 0 saturated carbocycles. The Labute approximate surface area is 139 Å². The van der Waals surface area contributed by atoms with E-state index in [2.05, 4.69) is 15.4 Å². The summed E-state index contributed by atoms with van der Waals surface area (Å²) in [5.74, 6) is 1.10. The zero-order valence-corrected chi connectivity index (χ0v) is 13.7. The van der Waals surface area contributed by atoms with Crippen LogP contribution >= 0.6 is 11.8 Å². The van der Waals surface area contributed by atoms with E-state index in [9.17, 15) is 4.79 Å². The number of carbonyl (C=O) groups excluding carboxylic acids is 1. The summed E-state index contributed by atoms with van der Waals surface area (Å²) in [6, 6.07) is 5.79. The van der Waals surface area contributed by atoms with Gasteiger partial charge >= 0.3 is 0 Å². The summed E-state index contributed by atoms with van der Waals surface area (Å²) in [6.07, 6.45) is 7.72. The van der Waals surface area contributed by atoms with Crippen molar-refractivity contribution in [1.82, 2.24) is 14.8 Å². The van der Waals surface area contributed by atoms with Crippen molar-refractivity contribution >= 4 is 23.4 Å². The van der Waals surface area contributed by atoms with Crippen LogP contribution in [0.3, 0.4) is 0 Å². The molecule has 122 valence electrons. The Bertz CT molecular complexity index is 626. The zero-order chi connectivity index (χ0) is 15.9. The predicted octanol–water partition coefficient (Wildman–Crippen LogP) is 2.33. The third kappa shape index (κ3) is 5.07. The van der Waals surface area contributed by atoms with Crippen LogP contribution in [0, 0.1) is 0 Å². The highest BCUT2D eigenvalue weighted by atomic mass is 32.2. The molecule has 1 N–H and O–H groups in total. The van der Waals surface area contributed by atoms with Crippen molar-refractivity contribution in [3.8, 4) is 0 Å². The van der Waals surface area contributed by atoms with Gasteiger partial charge in [0, 0.05) is 24.8 Å².